The van der Waals surface area contributed by atoms with Crippen molar-refractivity contribution >= 4 is 43.1 Å². The zero-order valence-electron chi connectivity index (χ0n) is 28.9. The van der Waals surface area contributed by atoms with E-state index in [1.807, 2.05) is 0 Å². The van der Waals surface area contributed by atoms with Crippen LogP contribution in [0.15, 0.2) is 194 Å². The van der Waals surface area contributed by atoms with Crippen LogP contribution >= 0.6 is 0 Å². The highest BCUT2D eigenvalue weighted by Gasteiger charge is 2.23. The van der Waals surface area contributed by atoms with Crippen LogP contribution in [0.2, 0.25) is 0 Å². The van der Waals surface area contributed by atoms with Crippen molar-refractivity contribution in [3.63, 3.8) is 0 Å². The van der Waals surface area contributed by atoms with E-state index in [4.69, 9.17) is 4.74 Å². The van der Waals surface area contributed by atoms with Gasteiger partial charge in [0, 0.05) is 10.9 Å². The van der Waals surface area contributed by atoms with Gasteiger partial charge in [-0.05, 0) is 130 Å². The first-order valence-electron chi connectivity index (χ1n) is 18.2. The SMILES string of the molecule is c1ccc(-c2cc(-c3ccc4c5c(cccc35)-c3cc(-c5ccccc5)ccc3O4)cc(-c3c4ccccc4cc4c3ccc3ccccc34)c2)cc1. The van der Waals surface area contributed by atoms with E-state index in [1.165, 1.54) is 87.8 Å². The molecule has 0 fully saturated rings. The maximum absolute atomic E-state index is 6.65. The molecule has 1 aliphatic heterocycles. The Morgan fingerprint density at radius 1 is 0.264 bits per heavy atom. The van der Waals surface area contributed by atoms with E-state index in [1.54, 1.807) is 0 Å². The molecule has 0 N–H and O–H groups in total. The maximum Gasteiger partial charge on any atom is 0.135 e. The van der Waals surface area contributed by atoms with Crippen molar-refractivity contribution in [2.45, 2.75) is 0 Å². The lowest BCUT2D eigenvalue weighted by molar-refractivity contribution is 0.487. The normalized spacial score (nSPS) is 11.9. The molecular formula is C52H32O. The number of hydrogen-bond donors (Lipinski definition) is 0. The third-order valence-electron chi connectivity index (χ3n) is 11.0. The van der Waals surface area contributed by atoms with Gasteiger partial charge in [-0.1, -0.05) is 152 Å². The fourth-order valence-electron chi connectivity index (χ4n) is 8.55. The van der Waals surface area contributed by atoms with E-state index in [2.05, 4.69) is 194 Å². The van der Waals surface area contributed by atoms with E-state index >= 15 is 0 Å². The van der Waals surface area contributed by atoms with Gasteiger partial charge in [-0.2, -0.15) is 0 Å². The Morgan fingerprint density at radius 2 is 0.925 bits per heavy atom. The van der Waals surface area contributed by atoms with Crippen molar-refractivity contribution in [3.05, 3.63) is 194 Å². The average Bonchev–Trinajstić information content (AvgIpc) is 3.23. The van der Waals surface area contributed by atoms with Crippen LogP contribution < -0.4 is 4.74 Å². The molecule has 1 heterocycles. The molecule has 1 aliphatic rings. The Labute approximate surface area is 308 Å². The van der Waals surface area contributed by atoms with Gasteiger partial charge < -0.3 is 4.74 Å². The smallest absolute Gasteiger partial charge is 0.135 e. The van der Waals surface area contributed by atoms with Crippen molar-refractivity contribution in [2.75, 3.05) is 0 Å². The molecule has 0 aromatic heterocycles. The summed E-state index contributed by atoms with van der Waals surface area (Å²) in [5.41, 5.74) is 11.9. The lowest BCUT2D eigenvalue weighted by Crippen LogP contribution is -1.98. The molecule has 0 spiro atoms. The van der Waals surface area contributed by atoms with Crippen molar-refractivity contribution < 1.29 is 4.74 Å². The topological polar surface area (TPSA) is 9.23 Å². The average molecular weight is 673 g/mol. The Balaban J connectivity index is 1.18. The van der Waals surface area contributed by atoms with E-state index in [0.29, 0.717) is 0 Å². The minimum absolute atomic E-state index is 0.890. The molecule has 0 unspecified atom stereocenters. The van der Waals surface area contributed by atoms with E-state index < -0.39 is 0 Å². The molecule has 0 bridgehead atoms. The lowest BCUT2D eigenvalue weighted by Gasteiger charge is -2.23. The number of rotatable bonds is 4. The van der Waals surface area contributed by atoms with Crippen LogP contribution in [0.4, 0.5) is 0 Å². The molecular weight excluding hydrogens is 641 g/mol. The van der Waals surface area contributed by atoms with Crippen LogP contribution in [0, 0.1) is 0 Å². The number of ether oxygens (including phenoxy) is 1. The van der Waals surface area contributed by atoms with Gasteiger partial charge >= 0.3 is 0 Å². The Hall–Kier alpha value is -6.96. The monoisotopic (exact) mass is 672 g/mol. The van der Waals surface area contributed by atoms with Crippen molar-refractivity contribution in [1.29, 1.82) is 0 Å². The molecule has 1 heteroatoms. The standard InChI is InChI=1S/C52H32O/c1-3-12-33(13-4-1)36-23-26-49-48(31-36)45-21-11-20-44-42(25-27-50(53-49)52(44)45)39-28-38(34-14-5-2-6-15-34)29-40(30-39)51-43-19-10-8-17-37(43)32-47-41-18-9-7-16-35(41)22-24-46(47)51/h1-32H. The summed E-state index contributed by atoms with van der Waals surface area (Å²) in [6.07, 6.45) is 0. The fourth-order valence-corrected chi connectivity index (χ4v) is 8.55. The largest absolute Gasteiger partial charge is 0.456 e. The van der Waals surface area contributed by atoms with Crippen LogP contribution in [0.5, 0.6) is 11.5 Å². The third-order valence-corrected chi connectivity index (χ3v) is 11.0. The van der Waals surface area contributed by atoms with Gasteiger partial charge in [-0.25, -0.2) is 0 Å². The summed E-state index contributed by atoms with van der Waals surface area (Å²) in [7, 11) is 0. The second-order valence-corrected chi connectivity index (χ2v) is 14.0. The van der Waals surface area contributed by atoms with E-state index in [9.17, 15) is 0 Å². The summed E-state index contributed by atoms with van der Waals surface area (Å²) in [5.74, 6) is 1.78. The van der Waals surface area contributed by atoms with E-state index in [-0.39, 0.29) is 0 Å². The second-order valence-electron chi connectivity index (χ2n) is 14.0. The minimum atomic E-state index is 0.890. The van der Waals surface area contributed by atoms with Crippen LogP contribution in [-0.2, 0) is 0 Å². The van der Waals surface area contributed by atoms with Crippen LogP contribution in [-0.4, -0.2) is 0 Å². The summed E-state index contributed by atoms with van der Waals surface area (Å²) in [6.45, 7) is 0. The first kappa shape index (κ1) is 29.7. The van der Waals surface area contributed by atoms with Crippen LogP contribution in [0.25, 0.3) is 98.7 Å². The zero-order chi connectivity index (χ0) is 34.9. The molecule has 0 radical (unpaired) electrons. The molecule has 1 nitrogen and oxygen atoms in total. The van der Waals surface area contributed by atoms with Gasteiger partial charge in [0.25, 0.3) is 0 Å². The van der Waals surface area contributed by atoms with Crippen molar-refractivity contribution in [3.8, 4) is 67.1 Å². The zero-order valence-corrected chi connectivity index (χ0v) is 28.9. The summed E-state index contributed by atoms with van der Waals surface area (Å²) < 4.78 is 6.65. The molecule has 0 amide bonds. The molecule has 10 aromatic rings. The molecule has 0 saturated heterocycles. The van der Waals surface area contributed by atoms with Gasteiger partial charge in [0.1, 0.15) is 11.5 Å². The van der Waals surface area contributed by atoms with Crippen LogP contribution in [0.1, 0.15) is 0 Å². The van der Waals surface area contributed by atoms with Crippen LogP contribution in [0.3, 0.4) is 0 Å². The predicted molar refractivity (Wildman–Crippen MR) is 224 cm³/mol. The first-order valence-corrected chi connectivity index (χ1v) is 18.2. The quantitative estimate of drug-likeness (QED) is 0.134. The summed E-state index contributed by atoms with van der Waals surface area (Å²) >= 11 is 0. The van der Waals surface area contributed by atoms with Gasteiger partial charge in [0.2, 0.25) is 0 Å². The minimum Gasteiger partial charge on any atom is -0.456 e. The van der Waals surface area contributed by atoms with Crippen molar-refractivity contribution in [2.24, 2.45) is 0 Å². The molecule has 10 aromatic carbocycles. The van der Waals surface area contributed by atoms with Gasteiger partial charge in [-0.15, -0.1) is 0 Å². The number of benzene rings is 10. The second kappa shape index (κ2) is 11.8. The van der Waals surface area contributed by atoms with E-state index in [0.717, 1.165) is 22.4 Å². The fraction of sp³-hybridized carbons (Fsp3) is 0. The number of fused-ring (bicyclic) bond motifs is 6. The highest BCUT2D eigenvalue weighted by molar-refractivity contribution is 6.20. The summed E-state index contributed by atoms with van der Waals surface area (Å²) in [5, 5.41) is 9.88. The Morgan fingerprint density at radius 3 is 1.75 bits per heavy atom. The molecule has 0 aliphatic carbocycles. The molecule has 11 rings (SSSR count). The Bertz CT molecular complexity index is 3070. The number of hydrogen-bond acceptors (Lipinski definition) is 1. The van der Waals surface area contributed by atoms with Crippen molar-refractivity contribution in [1.82, 2.24) is 0 Å². The molecule has 0 atom stereocenters. The highest BCUT2D eigenvalue weighted by atomic mass is 16.5. The van der Waals surface area contributed by atoms with Gasteiger partial charge in [0.05, 0.1) is 0 Å². The highest BCUT2D eigenvalue weighted by Crippen LogP contribution is 2.50. The maximum atomic E-state index is 6.65. The first-order chi connectivity index (χ1) is 26.3. The third kappa shape index (κ3) is 4.79. The Kier molecular flexibility index (Phi) is 6.62. The lowest BCUT2D eigenvalue weighted by atomic mass is 9.85. The predicted octanol–water partition coefficient (Wildman–Crippen LogP) is 14.7. The molecule has 246 valence electrons. The van der Waals surface area contributed by atoms with Gasteiger partial charge in [0.15, 0.2) is 0 Å². The summed E-state index contributed by atoms with van der Waals surface area (Å²) in [6, 6.07) is 70.6. The summed E-state index contributed by atoms with van der Waals surface area (Å²) in [4.78, 5) is 0. The molecule has 53 heavy (non-hydrogen) atoms. The van der Waals surface area contributed by atoms with Gasteiger partial charge in [-0.3, -0.25) is 0 Å². The molecule has 0 saturated carbocycles.